The number of pyridine rings is 1. The Balaban J connectivity index is 2.32. The summed E-state index contributed by atoms with van der Waals surface area (Å²) >= 11 is 0. The summed E-state index contributed by atoms with van der Waals surface area (Å²) in [5.74, 6) is -9.80. The first-order valence-electron chi connectivity index (χ1n) is 7.99. The van der Waals surface area contributed by atoms with Gasteiger partial charge in [-0.2, -0.15) is 8.78 Å². The summed E-state index contributed by atoms with van der Waals surface area (Å²) in [6.45, 7) is 2.99. The molecule has 0 saturated heterocycles. The molecule has 0 bridgehead atoms. The predicted molar refractivity (Wildman–Crippen MR) is 85.8 cm³/mol. The molecule has 1 atom stereocenters. The van der Waals surface area contributed by atoms with Crippen LogP contribution in [0.15, 0.2) is 30.3 Å². The highest BCUT2D eigenvalue weighted by molar-refractivity contribution is 5.92. The highest BCUT2D eigenvalue weighted by atomic mass is 19.3. The van der Waals surface area contributed by atoms with Crippen LogP contribution in [-0.2, 0) is 10.5 Å². The number of aromatic nitrogens is 1. The number of fused-ring (bicyclic) bond motifs is 3. The van der Waals surface area contributed by atoms with E-state index in [0.29, 0.717) is 0 Å². The Hall–Kier alpha value is -2.68. The van der Waals surface area contributed by atoms with Crippen LogP contribution in [0.5, 0.6) is 5.75 Å². The number of aryl methyl sites for hydroxylation is 1. The number of benzene rings is 1. The van der Waals surface area contributed by atoms with E-state index in [4.69, 9.17) is 9.47 Å². The highest BCUT2D eigenvalue weighted by Crippen LogP contribution is 2.51. The smallest absolute Gasteiger partial charge is 0.375 e. The number of para-hydroxylation sites is 1. The second kappa shape index (κ2) is 6.49. The van der Waals surface area contributed by atoms with Crippen molar-refractivity contribution in [2.24, 2.45) is 0 Å². The van der Waals surface area contributed by atoms with Crippen molar-refractivity contribution in [2.45, 2.75) is 32.0 Å². The van der Waals surface area contributed by atoms with Crippen LogP contribution in [0.4, 0.5) is 17.6 Å². The van der Waals surface area contributed by atoms with Crippen molar-refractivity contribution in [1.29, 1.82) is 0 Å². The van der Waals surface area contributed by atoms with Gasteiger partial charge in [0.2, 0.25) is 0 Å². The van der Waals surface area contributed by atoms with Crippen LogP contribution in [0, 0.1) is 6.92 Å². The van der Waals surface area contributed by atoms with Crippen LogP contribution in [0.3, 0.4) is 0 Å². The molecule has 0 amide bonds. The van der Waals surface area contributed by atoms with Crippen molar-refractivity contribution < 1.29 is 36.9 Å². The number of alkyl halides is 4. The molecule has 0 saturated carbocycles. The van der Waals surface area contributed by atoms with E-state index in [1.54, 1.807) is 13.0 Å². The van der Waals surface area contributed by atoms with Gasteiger partial charge in [-0.3, -0.25) is 4.98 Å². The van der Waals surface area contributed by atoms with Crippen LogP contribution < -0.4 is 4.74 Å². The van der Waals surface area contributed by atoms with Crippen LogP contribution >= 0.6 is 0 Å². The molecule has 2 aromatic rings. The third-order valence-electron chi connectivity index (χ3n) is 4.20. The topological polar surface area (TPSA) is 68.7 Å². The van der Waals surface area contributed by atoms with Crippen LogP contribution in [0.1, 0.15) is 28.5 Å². The fraction of sp³-hybridized carbons (Fsp3) is 0.333. The number of ether oxygens (including phenoxy) is 2. The second-order valence-corrected chi connectivity index (χ2v) is 5.90. The van der Waals surface area contributed by atoms with E-state index >= 15 is 0 Å². The van der Waals surface area contributed by atoms with E-state index in [-0.39, 0.29) is 34.9 Å². The lowest BCUT2D eigenvalue weighted by Crippen LogP contribution is -2.55. The third-order valence-corrected chi connectivity index (χ3v) is 4.20. The van der Waals surface area contributed by atoms with E-state index in [1.165, 1.54) is 25.1 Å². The molecule has 1 aromatic carbocycles. The Labute approximate surface area is 151 Å². The Morgan fingerprint density at radius 1 is 1.37 bits per heavy atom. The molecule has 27 heavy (non-hydrogen) atoms. The van der Waals surface area contributed by atoms with Gasteiger partial charge in [-0.05, 0) is 32.0 Å². The van der Waals surface area contributed by atoms with E-state index in [1.807, 2.05) is 0 Å². The highest BCUT2D eigenvalue weighted by Gasteiger charge is 2.65. The van der Waals surface area contributed by atoms with Crippen molar-refractivity contribution in [3.63, 3.8) is 0 Å². The fourth-order valence-corrected chi connectivity index (χ4v) is 2.85. The quantitative estimate of drug-likeness (QED) is 0.643. The second-order valence-electron chi connectivity index (χ2n) is 5.90. The van der Waals surface area contributed by atoms with Crippen LogP contribution in [-0.4, -0.2) is 35.0 Å². The molecule has 0 radical (unpaired) electrons. The number of hydrogen-bond acceptors (Lipinski definition) is 5. The minimum Gasteiger partial charge on any atom is -0.462 e. The maximum atomic E-state index is 14.3. The van der Waals surface area contributed by atoms with Crippen molar-refractivity contribution in [3.05, 3.63) is 47.2 Å². The van der Waals surface area contributed by atoms with Gasteiger partial charge in [0.05, 0.1) is 29.1 Å². The minimum absolute atomic E-state index is 0.00610. The number of nitrogens with zero attached hydrogens (tertiary/aromatic N) is 1. The average Bonchev–Trinajstić information content (AvgIpc) is 2.61. The summed E-state index contributed by atoms with van der Waals surface area (Å²) < 4.78 is 64.5. The molecule has 0 aliphatic carbocycles. The van der Waals surface area contributed by atoms with E-state index < -0.39 is 29.7 Å². The molecule has 2 heterocycles. The van der Waals surface area contributed by atoms with Gasteiger partial charge in [-0.15, -0.1) is 0 Å². The number of rotatable bonds is 4. The number of carbonyl (C=O) groups is 1. The van der Waals surface area contributed by atoms with Gasteiger partial charge in [0, 0.05) is 5.56 Å². The molecule has 144 valence electrons. The first-order valence-corrected chi connectivity index (χ1v) is 7.99. The van der Waals surface area contributed by atoms with Crippen molar-refractivity contribution in [3.8, 4) is 17.0 Å². The summed E-state index contributed by atoms with van der Waals surface area (Å²) in [5, 5.41) is 10.6. The minimum atomic E-state index is -4.97. The molecule has 3 rings (SSSR count). The monoisotopic (exact) mass is 385 g/mol. The lowest BCUT2D eigenvalue weighted by atomic mass is 9.89. The van der Waals surface area contributed by atoms with Crippen molar-refractivity contribution >= 4 is 5.97 Å². The van der Waals surface area contributed by atoms with Gasteiger partial charge in [0.1, 0.15) is 5.75 Å². The zero-order valence-corrected chi connectivity index (χ0v) is 14.3. The van der Waals surface area contributed by atoms with Gasteiger partial charge in [-0.1, -0.05) is 12.1 Å². The Morgan fingerprint density at radius 2 is 2.04 bits per heavy atom. The normalized spacial score (nSPS) is 18.5. The van der Waals surface area contributed by atoms with Crippen LogP contribution in [0.2, 0.25) is 0 Å². The summed E-state index contributed by atoms with van der Waals surface area (Å²) in [6, 6.07) is 6.59. The first-order chi connectivity index (χ1) is 12.6. The molecular weight excluding hydrogens is 370 g/mol. The standard InChI is InChI=1S/C18H15F4NO4/c1-3-26-15(24)11-8-12-14(23-9(11)2)10-6-4-5-7-13(10)27-18(12,25)17(21,22)16(19)20/h4-8,16,25H,3H2,1-2H3. The number of aliphatic hydroxyl groups is 1. The first kappa shape index (κ1) is 19.1. The molecule has 5 nitrogen and oxygen atoms in total. The molecular formula is C18H15F4NO4. The van der Waals surface area contributed by atoms with Gasteiger partial charge in [0.25, 0.3) is 0 Å². The molecule has 0 fully saturated rings. The van der Waals surface area contributed by atoms with Crippen LogP contribution in [0.25, 0.3) is 11.3 Å². The summed E-state index contributed by atoms with van der Waals surface area (Å²) in [4.78, 5) is 16.2. The fourth-order valence-electron chi connectivity index (χ4n) is 2.85. The largest absolute Gasteiger partial charge is 0.462 e. The van der Waals surface area contributed by atoms with Gasteiger partial charge in [-0.25, -0.2) is 13.6 Å². The van der Waals surface area contributed by atoms with Gasteiger partial charge >= 0.3 is 24.1 Å². The zero-order chi connectivity index (χ0) is 20.0. The number of halogens is 4. The Kier molecular flexibility index (Phi) is 4.59. The van der Waals surface area contributed by atoms with Gasteiger partial charge in [0.15, 0.2) is 0 Å². The maximum absolute atomic E-state index is 14.3. The van der Waals surface area contributed by atoms with Crippen molar-refractivity contribution in [1.82, 2.24) is 4.98 Å². The molecule has 1 aliphatic heterocycles. The lowest BCUT2D eigenvalue weighted by Gasteiger charge is -2.39. The molecule has 9 heteroatoms. The summed E-state index contributed by atoms with van der Waals surface area (Å²) in [5.41, 5.74) is -0.792. The third kappa shape index (κ3) is 2.82. The molecule has 1 aliphatic rings. The van der Waals surface area contributed by atoms with Crippen molar-refractivity contribution in [2.75, 3.05) is 6.61 Å². The summed E-state index contributed by atoms with van der Waals surface area (Å²) in [7, 11) is 0. The zero-order valence-electron chi connectivity index (χ0n) is 14.3. The number of hydrogen-bond donors (Lipinski definition) is 1. The molecule has 0 spiro atoms. The average molecular weight is 385 g/mol. The molecule has 1 aromatic heterocycles. The summed E-state index contributed by atoms with van der Waals surface area (Å²) in [6.07, 6.45) is -4.23. The Bertz CT molecular complexity index is 903. The molecule has 1 N–H and O–H groups in total. The SMILES string of the molecule is CCOC(=O)c1cc2c(nc1C)-c1ccccc1OC2(O)C(F)(F)C(F)F. The van der Waals surface area contributed by atoms with E-state index in [2.05, 4.69) is 4.98 Å². The maximum Gasteiger partial charge on any atom is 0.375 e. The number of esters is 1. The van der Waals surface area contributed by atoms with Gasteiger partial charge < -0.3 is 14.6 Å². The number of carbonyl (C=O) groups excluding carboxylic acids is 1. The van der Waals surface area contributed by atoms with E-state index in [9.17, 15) is 27.5 Å². The molecule has 1 unspecified atom stereocenters. The van der Waals surface area contributed by atoms with E-state index in [0.717, 1.165) is 6.07 Å². The predicted octanol–water partition coefficient (Wildman–Crippen LogP) is 3.67. The lowest BCUT2D eigenvalue weighted by molar-refractivity contribution is -0.326. The Morgan fingerprint density at radius 3 is 2.67 bits per heavy atom.